The van der Waals surface area contributed by atoms with E-state index in [1.165, 1.54) is 0 Å². The van der Waals surface area contributed by atoms with Crippen LogP contribution in [0.3, 0.4) is 0 Å². The van der Waals surface area contributed by atoms with Gasteiger partial charge in [-0.05, 0) is 29.6 Å². The lowest BCUT2D eigenvalue weighted by Gasteiger charge is -2.29. The molecule has 0 N–H and O–H groups in total. The van der Waals surface area contributed by atoms with Crippen molar-refractivity contribution in [2.24, 2.45) is 29.6 Å². The maximum atomic E-state index is 2.63. The summed E-state index contributed by atoms with van der Waals surface area (Å²) in [5, 5.41) is 1.65. The Labute approximate surface area is 112 Å². The summed E-state index contributed by atoms with van der Waals surface area (Å²) < 4.78 is 0. The van der Waals surface area contributed by atoms with Gasteiger partial charge >= 0.3 is 0 Å². The summed E-state index contributed by atoms with van der Waals surface area (Å²) in [6.45, 7) is 9.80. The molecule has 1 fully saturated rings. The van der Waals surface area contributed by atoms with Crippen LogP contribution in [0.25, 0.3) is 0 Å². The van der Waals surface area contributed by atoms with Crippen molar-refractivity contribution >= 4 is 8.07 Å². The molecule has 0 saturated heterocycles. The molecule has 0 bridgehead atoms. The SMILES string of the molecule is CC1C2C=CC=CC2C2C=C([Si](C)(C)C)C=CC12. The first-order valence-corrected chi connectivity index (χ1v) is 10.7. The van der Waals surface area contributed by atoms with E-state index in [0.717, 1.165) is 29.6 Å². The van der Waals surface area contributed by atoms with Gasteiger partial charge in [-0.15, -0.1) is 0 Å². The van der Waals surface area contributed by atoms with Crippen LogP contribution in [0.1, 0.15) is 6.92 Å². The van der Waals surface area contributed by atoms with Gasteiger partial charge in [0.05, 0.1) is 8.07 Å². The molecular formula is C17H24Si. The zero-order valence-electron chi connectivity index (χ0n) is 11.9. The Hall–Kier alpha value is -0.823. The van der Waals surface area contributed by atoms with Crippen molar-refractivity contribution in [3.8, 4) is 0 Å². The molecule has 1 saturated carbocycles. The molecule has 5 unspecified atom stereocenters. The van der Waals surface area contributed by atoms with Crippen LogP contribution in [-0.2, 0) is 0 Å². The molecule has 5 atom stereocenters. The summed E-state index contributed by atoms with van der Waals surface area (Å²) in [4.78, 5) is 0. The largest absolute Gasteiger partial charge is 0.0810 e. The van der Waals surface area contributed by atoms with Gasteiger partial charge in [0.15, 0.2) is 0 Å². The fourth-order valence-corrected chi connectivity index (χ4v) is 5.21. The first-order chi connectivity index (χ1) is 8.48. The smallest absolute Gasteiger partial charge is 0.0771 e. The van der Waals surface area contributed by atoms with Crippen LogP contribution in [0.4, 0.5) is 0 Å². The van der Waals surface area contributed by atoms with Crippen LogP contribution >= 0.6 is 0 Å². The minimum absolute atomic E-state index is 0.742. The van der Waals surface area contributed by atoms with Crippen LogP contribution in [0, 0.1) is 29.6 Å². The number of rotatable bonds is 1. The molecule has 3 aliphatic rings. The molecule has 0 nitrogen and oxygen atoms in total. The topological polar surface area (TPSA) is 0 Å². The number of hydrogen-bond donors (Lipinski definition) is 0. The van der Waals surface area contributed by atoms with E-state index in [4.69, 9.17) is 0 Å². The fraction of sp³-hybridized carbons (Fsp3) is 0.529. The van der Waals surface area contributed by atoms with Crippen LogP contribution in [0.5, 0.6) is 0 Å². The van der Waals surface area contributed by atoms with Crippen LogP contribution in [0.2, 0.25) is 19.6 Å². The highest BCUT2D eigenvalue weighted by molar-refractivity contribution is 6.83. The third-order valence-corrected chi connectivity index (χ3v) is 7.13. The lowest BCUT2D eigenvalue weighted by atomic mass is 9.83. The van der Waals surface area contributed by atoms with Crippen molar-refractivity contribution < 1.29 is 0 Å². The summed E-state index contributed by atoms with van der Waals surface area (Å²) >= 11 is 0. The van der Waals surface area contributed by atoms with Crippen LogP contribution < -0.4 is 0 Å². The van der Waals surface area contributed by atoms with Crippen LogP contribution in [-0.4, -0.2) is 8.07 Å². The zero-order chi connectivity index (χ0) is 12.9. The van der Waals surface area contributed by atoms with Crippen molar-refractivity contribution in [3.05, 3.63) is 47.7 Å². The quantitative estimate of drug-likeness (QED) is 0.601. The van der Waals surface area contributed by atoms with Gasteiger partial charge in [0.1, 0.15) is 0 Å². The number of fused-ring (bicyclic) bond motifs is 3. The van der Waals surface area contributed by atoms with Gasteiger partial charge in [-0.3, -0.25) is 0 Å². The van der Waals surface area contributed by atoms with Gasteiger partial charge in [-0.25, -0.2) is 0 Å². The van der Waals surface area contributed by atoms with E-state index in [-0.39, 0.29) is 0 Å². The summed E-state index contributed by atoms with van der Waals surface area (Å²) in [7, 11) is -1.16. The van der Waals surface area contributed by atoms with E-state index in [2.05, 4.69) is 69.1 Å². The van der Waals surface area contributed by atoms with Gasteiger partial charge in [-0.2, -0.15) is 0 Å². The molecule has 0 aromatic heterocycles. The average Bonchev–Trinajstić information content (AvgIpc) is 2.63. The summed E-state index contributed by atoms with van der Waals surface area (Å²) in [6.07, 6.45) is 16.9. The predicted molar refractivity (Wildman–Crippen MR) is 82.0 cm³/mol. The van der Waals surface area contributed by atoms with Gasteiger partial charge < -0.3 is 0 Å². The first kappa shape index (κ1) is 12.2. The third kappa shape index (κ3) is 1.80. The maximum Gasteiger partial charge on any atom is 0.0771 e. The van der Waals surface area contributed by atoms with E-state index in [0.29, 0.717) is 0 Å². The second-order valence-electron chi connectivity index (χ2n) is 7.17. The minimum Gasteiger partial charge on any atom is -0.0810 e. The van der Waals surface area contributed by atoms with Crippen molar-refractivity contribution in [1.29, 1.82) is 0 Å². The molecule has 0 heterocycles. The van der Waals surface area contributed by atoms with Crippen molar-refractivity contribution in [2.75, 3.05) is 0 Å². The average molecular weight is 256 g/mol. The Morgan fingerprint density at radius 1 is 0.833 bits per heavy atom. The van der Waals surface area contributed by atoms with Crippen molar-refractivity contribution in [2.45, 2.75) is 26.6 Å². The monoisotopic (exact) mass is 256 g/mol. The summed E-state index contributed by atoms with van der Waals surface area (Å²) in [5.74, 6) is 3.79. The Kier molecular flexibility index (Phi) is 2.78. The fourth-order valence-electron chi connectivity index (χ4n) is 3.92. The second kappa shape index (κ2) is 4.09. The Balaban J connectivity index is 1.97. The molecule has 0 spiro atoms. The molecule has 0 aromatic carbocycles. The molecule has 0 amide bonds. The van der Waals surface area contributed by atoms with Gasteiger partial charge in [0, 0.05) is 0 Å². The molecular weight excluding hydrogens is 232 g/mol. The Morgan fingerprint density at radius 3 is 2.11 bits per heavy atom. The number of allylic oxidation sites excluding steroid dienone is 8. The highest BCUT2D eigenvalue weighted by atomic mass is 28.3. The highest BCUT2D eigenvalue weighted by Gasteiger charge is 2.45. The van der Waals surface area contributed by atoms with E-state index in [1.807, 2.05) is 0 Å². The molecule has 1 heteroatoms. The van der Waals surface area contributed by atoms with Crippen molar-refractivity contribution in [3.63, 3.8) is 0 Å². The Bertz CT molecular complexity index is 458. The van der Waals surface area contributed by atoms with Gasteiger partial charge in [0.25, 0.3) is 0 Å². The molecule has 3 aliphatic carbocycles. The molecule has 96 valence electrons. The standard InChI is InChI=1S/C17H24Si/c1-12-14-7-5-6-8-16(14)17-11-13(18(2,3)4)9-10-15(12)17/h5-12,14-17H,1-4H3. The Morgan fingerprint density at radius 2 is 1.44 bits per heavy atom. The predicted octanol–water partition coefficient (Wildman–Crippen LogP) is 4.60. The summed E-state index contributed by atoms with van der Waals surface area (Å²) in [5.41, 5.74) is 0. The lowest BCUT2D eigenvalue weighted by Crippen LogP contribution is -2.27. The maximum absolute atomic E-state index is 2.63. The first-order valence-electron chi connectivity index (χ1n) is 7.24. The van der Waals surface area contributed by atoms with Gasteiger partial charge in [-0.1, -0.05) is 74.3 Å². The van der Waals surface area contributed by atoms with Crippen LogP contribution in [0.15, 0.2) is 47.7 Å². The summed E-state index contributed by atoms with van der Waals surface area (Å²) in [6, 6.07) is 0. The second-order valence-corrected chi connectivity index (χ2v) is 12.2. The number of hydrogen-bond acceptors (Lipinski definition) is 0. The van der Waals surface area contributed by atoms with Gasteiger partial charge in [0.2, 0.25) is 0 Å². The molecule has 18 heavy (non-hydrogen) atoms. The zero-order valence-corrected chi connectivity index (χ0v) is 12.9. The lowest BCUT2D eigenvalue weighted by molar-refractivity contribution is 0.414. The third-order valence-electron chi connectivity index (χ3n) is 5.06. The van der Waals surface area contributed by atoms with E-state index < -0.39 is 8.07 Å². The highest BCUT2D eigenvalue weighted by Crippen LogP contribution is 2.51. The minimum atomic E-state index is -1.16. The molecule has 0 aliphatic heterocycles. The van der Waals surface area contributed by atoms with Crippen molar-refractivity contribution in [1.82, 2.24) is 0 Å². The molecule has 0 radical (unpaired) electrons. The van der Waals surface area contributed by atoms with E-state index in [9.17, 15) is 0 Å². The molecule has 3 rings (SSSR count). The molecule has 0 aromatic rings. The normalized spacial score (nSPS) is 41.6. The van der Waals surface area contributed by atoms with E-state index in [1.54, 1.807) is 5.20 Å². The van der Waals surface area contributed by atoms with E-state index >= 15 is 0 Å².